The van der Waals surface area contributed by atoms with Crippen molar-refractivity contribution in [2.24, 2.45) is 0 Å². The first kappa shape index (κ1) is 19.2. The normalized spacial score (nSPS) is 25.8. The number of amides is 2. The summed E-state index contributed by atoms with van der Waals surface area (Å²) in [4.78, 5) is 21.4. The number of benzene rings is 1. The molecule has 2 aromatic rings. The summed E-state index contributed by atoms with van der Waals surface area (Å²) in [6.45, 7) is 0.803. The van der Waals surface area contributed by atoms with Crippen LogP contribution in [0.1, 0.15) is 49.1 Å². The maximum absolute atomic E-state index is 13.5. The van der Waals surface area contributed by atoms with Crippen molar-refractivity contribution in [2.75, 3.05) is 11.4 Å². The van der Waals surface area contributed by atoms with Crippen LogP contribution in [0.15, 0.2) is 42.6 Å². The molecule has 1 aromatic carbocycles. The van der Waals surface area contributed by atoms with Crippen molar-refractivity contribution < 1.29 is 9.18 Å². The number of urea groups is 1. The van der Waals surface area contributed by atoms with Gasteiger partial charge in [-0.25, -0.2) is 9.78 Å². The molecule has 0 saturated carbocycles. The molecule has 0 radical (unpaired) electrons. The fourth-order valence-corrected chi connectivity index (χ4v) is 5.26. The van der Waals surface area contributed by atoms with Crippen LogP contribution in [0, 0.1) is 5.95 Å². The van der Waals surface area contributed by atoms with Crippen LogP contribution in [0.2, 0.25) is 0 Å². The molecule has 4 nitrogen and oxygen atoms in total. The lowest BCUT2D eigenvalue weighted by Gasteiger charge is -2.42. The number of para-hydroxylation sites is 1. The highest BCUT2D eigenvalue weighted by atomic mass is 35.5. The summed E-state index contributed by atoms with van der Waals surface area (Å²) < 4.78 is 13.1. The van der Waals surface area contributed by atoms with E-state index in [4.69, 9.17) is 0 Å². The van der Waals surface area contributed by atoms with Crippen LogP contribution >= 0.6 is 12.4 Å². The van der Waals surface area contributed by atoms with E-state index in [1.54, 1.807) is 6.20 Å². The minimum atomic E-state index is -0.432. The summed E-state index contributed by atoms with van der Waals surface area (Å²) in [5.74, 6) is -0.0635. The lowest BCUT2D eigenvalue weighted by Crippen LogP contribution is -2.53. The standard InChI is InChI=1S/C22H24FN3O.ClH/c23-21-10-7-16(14-24-21)17-12-18-8-9-19(13-17)26(18)22(27)25-11-3-5-15-4-1-2-6-20(15)25;/h1-2,4,6-7,10,14,17-19H,3,5,8-9,11-13H2;1H. The van der Waals surface area contributed by atoms with Crippen molar-refractivity contribution in [3.63, 3.8) is 0 Å². The van der Waals surface area contributed by atoms with Crippen LogP contribution in [0.3, 0.4) is 0 Å². The van der Waals surface area contributed by atoms with Crippen molar-refractivity contribution in [1.29, 1.82) is 0 Å². The molecule has 3 aliphatic rings. The number of carbonyl (C=O) groups excluding carboxylic acids is 1. The number of aryl methyl sites for hydroxylation is 1. The van der Waals surface area contributed by atoms with Gasteiger partial charge in [-0.15, -0.1) is 12.4 Å². The number of aromatic nitrogens is 1. The maximum Gasteiger partial charge on any atom is 0.324 e. The number of pyridine rings is 1. The number of hydrogen-bond donors (Lipinski definition) is 0. The molecule has 2 fully saturated rings. The largest absolute Gasteiger partial charge is 0.324 e. The van der Waals surface area contributed by atoms with E-state index in [0.717, 1.165) is 56.3 Å². The van der Waals surface area contributed by atoms with Crippen LogP contribution in [-0.4, -0.2) is 34.5 Å². The second kappa shape index (κ2) is 7.70. The summed E-state index contributed by atoms with van der Waals surface area (Å²) in [7, 11) is 0. The Hall–Kier alpha value is -2.14. The quantitative estimate of drug-likeness (QED) is 0.635. The van der Waals surface area contributed by atoms with E-state index in [9.17, 15) is 9.18 Å². The topological polar surface area (TPSA) is 36.4 Å². The van der Waals surface area contributed by atoms with Crippen molar-refractivity contribution in [2.45, 2.75) is 56.5 Å². The molecule has 2 unspecified atom stereocenters. The van der Waals surface area contributed by atoms with Crippen molar-refractivity contribution in [1.82, 2.24) is 9.88 Å². The number of nitrogens with zero attached hydrogens (tertiary/aromatic N) is 3. The number of piperidine rings is 1. The second-order valence-corrected chi connectivity index (χ2v) is 8.04. The fraction of sp³-hybridized carbons (Fsp3) is 0.455. The first-order valence-corrected chi connectivity index (χ1v) is 10.00. The average Bonchev–Trinajstić information content (AvgIpc) is 2.97. The Balaban J connectivity index is 0.00000192. The van der Waals surface area contributed by atoms with Crippen LogP contribution in [0.4, 0.5) is 14.9 Å². The third-order valence-corrected chi connectivity index (χ3v) is 6.52. The van der Waals surface area contributed by atoms with Gasteiger partial charge < -0.3 is 4.90 Å². The summed E-state index contributed by atoms with van der Waals surface area (Å²) in [5.41, 5.74) is 3.46. The van der Waals surface area contributed by atoms with Gasteiger partial charge in [0.05, 0.1) is 0 Å². The molecule has 2 amide bonds. The number of carbonyl (C=O) groups is 1. The fourth-order valence-electron chi connectivity index (χ4n) is 5.26. The third kappa shape index (κ3) is 3.26. The van der Waals surface area contributed by atoms with E-state index < -0.39 is 5.95 Å². The molecule has 28 heavy (non-hydrogen) atoms. The Kier molecular flexibility index (Phi) is 5.28. The first-order valence-electron chi connectivity index (χ1n) is 10.00. The molecule has 0 spiro atoms. The number of anilines is 1. The average molecular weight is 402 g/mol. The Morgan fingerprint density at radius 3 is 2.54 bits per heavy atom. The van der Waals surface area contributed by atoms with Gasteiger partial charge in [-0.2, -0.15) is 4.39 Å². The van der Waals surface area contributed by atoms with Crippen LogP contribution in [0.25, 0.3) is 0 Å². The van der Waals surface area contributed by atoms with E-state index in [1.807, 2.05) is 17.0 Å². The SMILES string of the molecule is Cl.O=C(N1CCCc2ccccc21)N1C2CCC1CC(c1ccc(F)nc1)C2. The highest BCUT2D eigenvalue weighted by Crippen LogP contribution is 2.44. The van der Waals surface area contributed by atoms with Gasteiger partial charge in [0.1, 0.15) is 0 Å². The van der Waals surface area contributed by atoms with Gasteiger partial charge in [-0.1, -0.05) is 24.3 Å². The number of fused-ring (bicyclic) bond motifs is 3. The van der Waals surface area contributed by atoms with Crippen molar-refractivity contribution in [3.8, 4) is 0 Å². The molecule has 2 saturated heterocycles. The Labute approximate surface area is 171 Å². The van der Waals surface area contributed by atoms with Gasteiger partial charge in [-0.3, -0.25) is 4.90 Å². The van der Waals surface area contributed by atoms with Gasteiger partial charge in [0.25, 0.3) is 0 Å². The van der Waals surface area contributed by atoms with E-state index in [1.165, 1.54) is 11.6 Å². The molecule has 3 aliphatic heterocycles. The molecule has 0 aliphatic carbocycles. The van der Waals surface area contributed by atoms with Crippen molar-refractivity contribution in [3.05, 3.63) is 59.7 Å². The zero-order chi connectivity index (χ0) is 18.4. The van der Waals surface area contributed by atoms with Crippen LogP contribution in [-0.2, 0) is 6.42 Å². The molecule has 1 aromatic heterocycles. The lowest BCUT2D eigenvalue weighted by molar-refractivity contribution is 0.143. The molecular formula is C22H25ClFN3O. The Morgan fingerprint density at radius 2 is 1.82 bits per heavy atom. The number of rotatable bonds is 1. The monoisotopic (exact) mass is 401 g/mol. The van der Waals surface area contributed by atoms with E-state index in [0.29, 0.717) is 5.92 Å². The maximum atomic E-state index is 13.5. The molecule has 5 rings (SSSR count). The molecule has 2 atom stereocenters. The minimum Gasteiger partial charge on any atom is -0.318 e. The predicted octanol–water partition coefficient (Wildman–Crippen LogP) is 4.93. The van der Waals surface area contributed by atoms with Gasteiger partial charge in [0.15, 0.2) is 0 Å². The summed E-state index contributed by atoms with van der Waals surface area (Å²) in [5, 5.41) is 0. The Morgan fingerprint density at radius 1 is 1.07 bits per heavy atom. The zero-order valence-corrected chi connectivity index (χ0v) is 16.6. The lowest BCUT2D eigenvalue weighted by atomic mass is 9.86. The molecule has 6 heteroatoms. The van der Waals surface area contributed by atoms with Crippen LogP contribution in [0.5, 0.6) is 0 Å². The summed E-state index contributed by atoms with van der Waals surface area (Å²) in [6.07, 6.45) is 7.77. The molecule has 148 valence electrons. The summed E-state index contributed by atoms with van der Waals surface area (Å²) >= 11 is 0. The molecular weight excluding hydrogens is 377 g/mol. The van der Waals surface area contributed by atoms with Gasteiger partial charge in [-0.05, 0) is 67.7 Å². The number of halogens is 2. The first-order chi connectivity index (χ1) is 13.2. The van der Waals surface area contributed by atoms with Crippen molar-refractivity contribution >= 4 is 24.1 Å². The van der Waals surface area contributed by atoms with Gasteiger partial charge >= 0.3 is 6.03 Å². The zero-order valence-electron chi connectivity index (χ0n) is 15.8. The van der Waals surface area contributed by atoms with Gasteiger partial charge in [0.2, 0.25) is 5.95 Å². The Bertz CT molecular complexity index is 845. The van der Waals surface area contributed by atoms with Gasteiger partial charge in [0, 0.05) is 30.5 Å². The summed E-state index contributed by atoms with van der Waals surface area (Å²) in [6, 6.07) is 12.3. The second-order valence-electron chi connectivity index (χ2n) is 8.04. The predicted molar refractivity (Wildman–Crippen MR) is 110 cm³/mol. The minimum absolute atomic E-state index is 0. The van der Waals surface area contributed by atoms with E-state index in [-0.39, 0.29) is 30.5 Å². The third-order valence-electron chi connectivity index (χ3n) is 6.52. The smallest absolute Gasteiger partial charge is 0.318 e. The highest BCUT2D eigenvalue weighted by Gasteiger charge is 2.45. The van der Waals surface area contributed by atoms with Crippen LogP contribution < -0.4 is 4.90 Å². The molecule has 0 N–H and O–H groups in total. The van der Waals surface area contributed by atoms with E-state index >= 15 is 0 Å². The molecule has 4 heterocycles. The number of hydrogen-bond acceptors (Lipinski definition) is 2. The van der Waals surface area contributed by atoms with E-state index in [2.05, 4.69) is 28.1 Å². The highest BCUT2D eigenvalue weighted by molar-refractivity contribution is 5.94. The molecule has 2 bridgehead atoms.